The molecule has 0 saturated heterocycles. The minimum Gasteiger partial charge on any atom is -0.493 e. The van der Waals surface area contributed by atoms with Gasteiger partial charge in [0.2, 0.25) is 0 Å². The monoisotopic (exact) mass is 578 g/mol. The Hall–Kier alpha value is -2.58. The van der Waals surface area contributed by atoms with Crippen molar-refractivity contribution < 1.29 is 17.9 Å². The topological polar surface area (TPSA) is 76.0 Å². The van der Waals surface area contributed by atoms with Gasteiger partial charge >= 0.3 is 5.37 Å². The fourth-order valence-electron chi connectivity index (χ4n) is 4.74. The Morgan fingerprint density at radius 2 is 1.49 bits per heavy atom. The number of amidine groups is 1. The first-order chi connectivity index (χ1) is 17.3. The number of halogens is 3. The number of sulfone groups is 1. The quantitative estimate of drug-likeness (QED) is 0.232. The minimum atomic E-state index is -3.57. The third-order valence-corrected chi connectivity index (χ3v) is 8.63. The molecule has 0 N–H and O–H groups in total. The van der Waals surface area contributed by atoms with Crippen LogP contribution in [0.15, 0.2) is 76.6 Å². The second-order valence-corrected chi connectivity index (χ2v) is 12.3. The first kappa shape index (κ1) is 27.5. The molecule has 0 saturated carbocycles. The van der Waals surface area contributed by atoms with Crippen LogP contribution < -0.4 is 4.74 Å². The Morgan fingerprint density at radius 1 is 0.946 bits per heavy atom. The van der Waals surface area contributed by atoms with Crippen molar-refractivity contribution in [2.45, 2.75) is 36.7 Å². The van der Waals surface area contributed by atoms with Crippen molar-refractivity contribution in [1.82, 2.24) is 4.90 Å². The van der Waals surface area contributed by atoms with Gasteiger partial charge in [0.25, 0.3) is 0 Å². The van der Waals surface area contributed by atoms with E-state index in [1.807, 2.05) is 45.0 Å². The van der Waals surface area contributed by atoms with Crippen molar-refractivity contribution in [2.75, 3.05) is 12.9 Å². The van der Waals surface area contributed by atoms with E-state index >= 15 is 0 Å². The normalized spacial score (nSPS) is 21.6. The van der Waals surface area contributed by atoms with Gasteiger partial charge in [-0.1, -0.05) is 47.5 Å². The number of hydrogen-bond acceptors (Lipinski definition) is 5. The SMILES string of the molecule is CCOc1ccc(S(C)(=O)=O)cc1C1=NC(C)(c2ccc(Cl)cc2)C(C)(c2ccc(Cl)cc2)N1C(=O)Cl. The average Bonchev–Trinajstić information content (AvgIpc) is 3.08. The highest BCUT2D eigenvalue weighted by atomic mass is 35.5. The number of carbonyl (C=O) groups excluding carboxylic acids is 1. The van der Waals surface area contributed by atoms with E-state index < -0.39 is 26.3 Å². The molecule has 0 bridgehead atoms. The van der Waals surface area contributed by atoms with Gasteiger partial charge in [0, 0.05) is 16.3 Å². The van der Waals surface area contributed by atoms with E-state index in [0.717, 1.165) is 17.4 Å². The zero-order valence-corrected chi connectivity index (χ0v) is 23.7. The van der Waals surface area contributed by atoms with E-state index in [1.54, 1.807) is 30.3 Å². The predicted octanol–water partition coefficient (Wildman–Crippen LogP) is 7.05. The van der Waals surface area contributed by atoms with Crippen LogP contribution in [0.3, 0.4) is 0 Å². The van der Waals surface area contributed by atoms with Crippen LogP contribution in [0.2, 0.25) is 10.0 Å². The molecule has 1 amide bonds. The van der Waals surface area contributed by atoms with Crippen molar-refractivity contribution in [3.63, 3.8) is 0 Å². The van der Waals surface area contributed by atoms with E-state index in [2.05, 4.69) is 0 Å². The number of ether oxygens (including phenoxy) is 1. The molecule has 1 heterocycles. The summed E-state index contributed by atoms with van der Waals surface area (Å²) in [6, 6.07) is 18.8. The maximum absolute atomic E-state index is 13.2. The molecule has 0 spiro atoms. The molecule has 0 aromatic heterocycles. The van der Waals surface area contributed by atoms with Crippen molar-refractivity contribution in [3.05, 3.63) is 93.5 Å². The summed E-state index contributed by atoms with van der Waals surface area (Å²) in [7, 11) is -3.57. The molecular formula is C27H25Cl3N2O4S. The minimum absolute atomic E-state index is 0.0592. The van der Waals surface area contributed by atoms with Crippen LogP contribution in [0.25, 0.3) is 0 Å². The Labute approximate surface area is 231 Å². The Bertz CT molecular complexity index is 1490. The lowest BCUT2D eigenvalue weighted by molar-refractivity contribution is 0.149. The maximum Gasteiger partial charge on any atom is 0.322 e. The maximum atomic E-state index is 13.2. The molecule has 0 radical (unpaired) electrons. The molecule has 1 aliphatic rings. The molecule has 4 rings (SSSR count). The van der Waals surface area contributed by atoms with Crippen LogP contribution in [-0.4, -0.2) is 37.4 Å². The number of benzene rings is 3. The van der Waals surface area contributed by atoms with E-state index in [4.69, 9.17) is 44.5 Å². The molecule has 1 aliphatic heterocycles. The van der Waals surface area contributed by atoms with Crippen molar-refractivity contribution in [3.8, 4) is 5.75 Å². The molecule has 0 fully saturated rings. The molecule has 3 aromatic rings. The average molecular weight is 580 g/mol. The fourth-order valence-corrected chi connectivity index (χ4v) is 5.89. The summed E-state index contributed by atoms with van der Waals surface area (Å²) < 4.78 is 30.7. The van der Waals surface area contributed by atoms with Crippen LogP contribution >= 0.6 is 34.8 Å². The van der Waals surface area contributed by atoms with E-state index in [0.29, 0.717) is 28.0 Å². The van der Waals surface area contributed by atoms with Gasteiger partial charge in [-0.05, 0) is 86.0 Å². The molecule has 6 nitrogen and oxygen atoms in total. The van der Waals surface area contributed by atoms with Gasteiger partial charge in [0.15, 0.2) is 9.84 Å². The third-order valence-electron chi connectivity index (χ3n) is 6.84. The van der Waals surface area contributed by atoms with E-state index in [-0.39, 0.29) is 10.7 Å². The lowest BCUT2D eigenvalue weighted by atomic mass is 9.71. The van der Waals surface area contributed by atoms with Gasteiger partial charge in [-0.3, -0.25) is 14.7 Å². The van der Waals surface area contributed by atoms with Gasteiger partial charge in [-0.15, -0.1) is 0 Å². The largest absolute Gasteiger partial charge is 0.493 e. The summed E-state index contributed by atoms with van der Waals surface area (Å²) in [4.78, 5) is 19.8. The van der Waals surface area contributed by atoms with Crippen LogP contribution in [0.1, 0.15) is 37.5 Å². The Kier molecular flexibility index (Phi) is 7.38. The standard InChI is InChI=1S/C27H25Cl3N2O4S/c1-5-36-23-15-14-21(37(4,34)35)16-22(23)24-31-26(2,17-6-10-19(28)11-7-17)27(3,32(24)25(30)33)18-8-12-20(29)13-9-18/h6-16H,5H2,1-4H3. The van der Waals surface area contributed by atoms with Crippen molar-refractivity contribution >= 4 is 55.8 Å². The summed E-state index contributed by atoms with van der Waals surface area (Å²) >= 11 is 18.7. The number of aliphatic imine (C=N–C) groups is 1. The molecule has 10 heteroatoms. The van der Waals surface area contributed by atoms with Crippen LogP contribution in [0.5, 0.6) is 5.75 Å². The van der Waals surface area contributed by atoms with Gasteiger partial charge in [0.1, 0.15) is 22.7 Å². The lowest BCUT2D eigenvalue weighted by Gasteiger charge is -2.44. The number of amides is 1. The smallest absolute Gasteiger partial charge is 0.322 e. The summed E-state index contributed by atoms with van der Waals surface area (Å²) in [5.41, 5.74) is -0.402. The summed E-state index contributed by atoms with van der Waals surface area (Å²) in [5, 5.41) is 0.288. The second-order valence-electron chi connectivity index (χ2n) is 9.05. The molecule has 3 aromatic carbocycles. The van der Waals surface area contributed by atoms with Gasteiger partial charge < -0.3 is 4.74 Å². The molecule has 2 atom stereocenters. The highest BCUT2D eigenvalue weighted by molar-refractivity contribution is 7.90. The predicted molar refractivity (Wildman–Crippen MR) is 148 cm³/mol. The molecule has 37 heavy (non-hydrogen) atoms. The summed E-state index contributed by atoms with van der Waals surface area (Å²) in [6.45, 7) is 5.88. The Balaban J connectivity index is 2.09. The molecule has 2 unspecified atom stereocenters. The molecular weight excluding hydrogens is 555 g/mol. The highest BCUT2D eigenvalue weighted by Crippen LogP contribution is 2.54. The third kappa shape index (κ3) is 4.74. The summed E-state index contributed by atoms with van der Waals surface area (Å²) in [5.74, 6) is 0.555. The van der Waals surface area contributed by atoms with Gasteiger partial charge in [-0.2, -0.15) is 0 Å². The zero-order chi connectivity index (χ0) is 27.2. The Morgan fingerprint density at radius 3 is 1.97 bits per heavy atom. The first-order valence-corrected chi connectivity index (χ1v) is 14.4. The highest BCUT2D eigenvalue weighted by Gasteiger charge is 2.59. The molecule has 0 aliphatic carbocycles. The molecule has 194 valence electrons. The van der Waals surface area contributed by atoms with Crippen LogP contribution in [-0.2, 0) is 20.9 Å². The number of nitrogens with zero attached hydrogens (tertiary/aromatic N) is 2. The van der Waals surface area contributed by atoms with Crippen molar-refractivity contribution in [2.24, 2.45) is 4.99 Å². The lowest BCUT2D eigenvalue weighted by Crippen LogP contribution is -2.53. The summed E-state index contributed by atoms with van der Waals surface area (Å²) in [6.07, 6.45) is 1.11. The zero-order valence-electron chi connectivity index (χ0n) is 20.6. The number of carbonyl (C=O) groups is 1. The van der Waals surface area contributed by atoms with Crippen LogP contribution in [0.4, 0.5) is 4.79 Å². The van der Waals surface area contributed by atoms with E-state index in [9.17, 15) is 13.2 Å². The van der Waals surface area contributed by atoms with E-state index in [1.165, 1.54) is 17.0 Å². The second kappa shape index (κ2) is 9.95. The van der Waals surface area contributed by atoms with Gasteiger partial charge in [-0.25, -0.2) is 8.42 Å². The fraction of sp³-hybridized carbons (Fsp3) is 0.259. The number of hydrogen-bond donors (Lipinski definition) is 0. The first-order valence-electron chi connectivity index (χ1n) is 11.4. The van der Waals surface area contributed by atoms with Gasteiger partial charge in [0.05, 0.1) is 17.1 Å². The van der Waals surface area contributed by atoms with Crippen molar-refractivity contribution in [1.29, 1.82) is 0 Å². The number of rotatable bonds is 6. The van der Waals surface area contributed by atoms with Crippen LogP contribution in [0, 0.1) is 0 Å².